The molecule has 0 unspecified atom stereocenters. The number of unbranched alkanes of at least 4 members (excludes halogenated alkanes) is 3. The highest BCUT2D eigenvalue weighted by atomic mass is 35.5. The number of aryl methyl sites for hydroxylation is 3. The molecule has 0 atom stereocenters. The Labute approximate surface area is 882 Å². The van der Waals surface area contributed by atoms with Crippen LogP contribution >= 0.6 is 34.8 Å². The van der Waals surface area contributed by atoms with Crippen LogP contribution in [-0.4, -0.2) is 204 Å². The lowest BCUT2D eigenvalue weighted by atomic mass is 10.0. The molecule has 0 spiro atoms. The van der Waals surface area contributed by atoms with Crippen LogP contribution in [0.5, 0.6) is 11.5 Å². The Bertz CT molecular complexity index is 6070. The number of urea groups is 3. The summed E-state index contributed by atoms with van der Waals surface area (Å²) in [7, 11) is 4.34. The van der Waals surface area contributed by atoms with Crippen LogP contribution in [0.25, 0.3) is 18.2 Å². The predicted molar refractivity (Wildman–Crippen MR) is 579 cm³/mol. The number of hydrogen-bond acceptors (Lipinski definition) is 18. The number of H-pyrrole nitrogens is 4. The molecule has 6 aliphatic heterocycles. The largest absolute Gasteiger partial charge is 0.497 e. The van der Waals surface area contributed by atoms with Crippen molar-refractivity contribution < 1.29 is 67.4 Å². The van der Waals surface area contributed by atoms with E-state index >= 15 is 0 Å². The van der Waals surface area contributed by atoms with Crippen molar-refractivity contribution in [2.75, 3.05) is 76.5 Å². The maximum absolute atomic E-state index is 12.6. The number of fused-ring (bicyclic) bond motifs is 6. The van der Waals surface area contributed by atoms with Crippen LogP contribution in [0.3, 0.4) is 0 Å². The molecule has 0 saturated heterocycles. The summed E-state index contributed by atoms with van der Waals surface area (Å²) < 4.78 is 57.1. The Hall–Kier alpha value is -13.2. The zero-order chi connectivity index (χ0) is 107. The molecular weight excluding hydrogens is 1950 g/mol. The lowest BCUT2D eigenvalue weighted by Gasteiger charge is -2.30. The maximum Gasteiger partial charge on any atom is 0.446 e. The Morgan fingerprint density at radius 2 is 0.777 bits per heavy atom. The Morgan fingerprint density at radius 1 is 0.432 bits per heavy atom. The Morgan fingerprint density at radius 3 is 1.16 bits per heavy atom. The number of aliphatic hydroxyl groups excluding tert-OH is 1. The molecule has 0 fully saturated rings. The molecule has 0 bridgehead atoms. The number of aromatic nitrogens is 12. The molecule has 0 radical (unpaired) electrons. The number of nitrogens with zero attached hydrogens (tertiary/aromatic N) is 13. The van der Waals surface area contributed by atoms with E-state index in [1.54, 1.807) is 65.3 Å². The summed E-state index contributed by atoms with van der Waals surface area (Å²) in [6, 6.07) is 37.3. The molecule has 8 amide bonds. The van der Waals surface area contributed by atoms with Crippen LogP contribution in [-0.2, 0) is 124 Å². The van der Waals surface area contributed by atoms with E-state index in [-0.39, 0.29) is 31.7 Å². The van der Waals surface area contributed by atoms with Crippen LogP contribution in [0.1, 0.15) is 255 Å². The third-order valence-corrected chi connectivity index (χ3v) is 25.3. The number of nitrogens with one attached hydrogen (secondary N) is 8. The number of aldehydes is 1. The van der Waals surface area contributed by atoms with Gasteiger partial charge in [0.2, 0.25) is 6.29 Å². The van der Waals surface area contributed by atoms with Gasteiger partial charge in [-0.15, -0.1) is 0 Å². The minimum absolute atomic E-state index is 0. The number of allylic oxidation sites excluding steroid dienone is 3. The monoisotopic (exact) mass is 2100 g/mol. The van der Waals surface area contributed by atoms with Gasteiger partial charge < -0.3 is 69.8 Å². The van der Waals surface area contributed by atoms with Gasteiger partial charge in [-0.05, 0) is 208 Å². The van der Waals surface area contributed by atoms with Crippen molar-refractivity contribution in [2.45, 2.75) is 268 Å². The molecule has 5 aromatic carbocycles. The number of anilines is 3. The van der Waals surface area contributed by atoms with Gasteiger partial charge >= 0.3 is 36.5 Å². The summed E-state index contributed by atoms with van der Waals surface area (Å²) in [5.74, 6) is 1.70. The lowest BCUT2D eigenvalue weighted by Crippen LogP contribution is -2.40. The summed E-state index contributed by atoms with van der Waals surface area (Å²) in [6.45, 7) is 33.9. The van der Waals surface area contributed by atoms with Gasteiger partial charge in [-0.2, -0.15) is 43.8 Å². The number of amides is 8. The van der Waals surface area contributed by atoms with E-state index in [4.69, 9.17) is 73.8 Å². The normalized spacial score (nSPS) is 13.9. The summed E-state index contributed by atoms with van der Waals surface area (Å²) in [6.07, 6.45) is 24.0. The number of aromatic amines is 4. The number of rotatable bonds is 24. The van der Waals surface area contributed by atoms with Crippen molar-refractivity contribution in [1.29, 1.82) is 0 Å². The van der Waals surface area contributed by atoms with Crippen molar-refractivity contribution in [3.8, 4) is 11.5 Å². The zero-order valence-corrected chi connectivity index (χ0v) is 90.1. The first-order chi connectivity index (χ1) is 71.1. The van der Waals surface area contributed by atoms with Gasteiger partial charge in [0, 0.05) is 193 Å². The quantitative estimate of drug-likeness (QED) is 0.0254. The first kappa shape index (κ1) is 117. The van der Waals surface area contributed by atoms with Crippen LogP contribution < -0.4 is 30.7 Å². The molecule has 11 aromatic rings. The summed E-state index contributed by atoms with van der Waals surface area (Å²) >= 11 is 17.9. The topological polar surface area (TPSA) is 374 Å². The van der Waals surface area contributed by atoms with Crippen molar-refractivity contribution >= 4 is 107 Å². The highest BCUT2D eigenvalue weighted by Crippen LogP contribution is 2.33. The minimum atomic E-state index is -4.64. The fourth-order valence-corrected chi connectivity index (χ4v) is 17.5. The van der Waals surface area contributed by atoms with Gasteiger partial charge in [0.15, 0.2) is 0 Å². The molecule has 38 heteroatoms. The molecule has 6 aliphatic rings. The van der Waals surface area contributed by atoms with Gasteiger partial charge in [0.25, 0.3) is 0 Å². The van der Waals surface area contributed by atoms with Crippen molar-refractivity contribution in [3.05, 3.63) is 267 Å². The first-order valence-corrected chi connectivity index (χ1v) is 52.0. The maximum atomic E-state index is 12.6. The second kappa shape index (κ2) is 57.9. The molecule has 12 heterocycles. The number of benzene rings is 5. The highest BCUT2D eigenvalue weighted by molar-refractivity contribution is 6.31. The summed E-state index contributed by atoms with van der Waals surface area (Å²) in [4.78, 5) is 80.2. The number of alkyl halides is 3. The number of carbonyl (C=O) groups is 6. The van der Waals surface area contributed by atoms with E-state index in [0.29, 0.717) is 104 Å². The Kier molecular flexibility index (Phi) is 45.7. The SMILES string of the molecule is CC/C=C/c1n[nH]c2c1CN(C(=O)Nc1cccc(Cl)c1)CC2.CC/C=C\c1n[nH]c2c1CN(C(=O)Nc1cccc(Cl)c1)CC2.CCC=Cc1nn(Cc2ccc(OC)cc2)c2c1CN(C(=O)OC(C)(C)C)CC2.CCCCc1n[nH]c2c1CN(C(=O)Nc1cccc(Cl)c1)CC2.CCCCc1n[nH]c2c1CNCC2.CCCCc1nn(Cc2ccc(OC)cc2)c2c1CN(C(=O)OC(C)(C)C)CC2.CO.O=CC(F)(F)F.[HH]. The molecule has 148 heavy (non-hydrogen) atoms. The van der Waals surface area contributed by atoms with Gasteiger partial charge in [-0.25, -0.2) is 24.0 Å². The van der Waals surface area contributed by atoms with Gasteiger partial charge in [-0.1, -0.05) is 156 Å². The standard InChI is InChI=1S/C23H33N3O3.C23H31N3O3.C17H21ClN4O.2C17H19ClN4O.C10H17N3.C2HF3O.CH4O.H2/c2*1-6-7-8-20-19-16-25(22(27)29-23(2,3)4)14-13-21(19)26(24-20)15-17-9-11-18(28-5)12-10-17;3*1-2-3-7-15-14-11-22(9-8-16(14)21-20-15)17(23)19-13-6-4-5-12(18)10-13;1-2-3-4-9-8-7-11-6-5-10(8)13-12-9;3-2(4,5)1-6;1-2;/h9-12H,6-8,13-16H2,1-5H3;7-12H,6,13-16H2,1-5H3;4-6,10H,2-3,7-9,11H2,1H3,(H,19,23)(H,20,21);2*3-7,10H,2,8-9,11H2,1H3,(H,19,23)(H,20,21);11H,2-7H2,1H3,(H,12,13);1H;2H,1H3;1H/b;;;7-3+;7-3-;;;;. The number of aliphatic hydroxyl groups is 1. The highest BCUT2D eigenvalue weighted by Gasteiger charge is 2.35. The predicted octanol–water partition coefficient (Wildman–Crippen LogP) is 23.4. The zero-order valence-electron chi connectivity index (χ0n) is 87.8. The van der Waals surface area contributed by atoms with Crippen LogP contribution in [0.15, 0.2) is 140 Å². The molecule has 0 saturated carbocycles. The first-order valence-electron chi connectivity index (χ1n) is 50.8. The fraction of sp³-hybridized carbons (Fsp3) is 0.455. The summed E-state index contributed by atoms with van der Waals surface area (Å²) in [5, 5.41) is 60.6. The number of methoxy groups -OCH3 is 2. The molecule has 32 nitrogen and oxygen atoms in total. The molecule has 9 N–H and O–H groups in total. The third-order valence-electron chi connectivity index (χ3n) is 24.6. The number of ether oxygens (including phenoxy) is 4. The van der Waals surface area contributed by atoms with E-state index in [2.05, 4.69) is 162 Å². The number of halogens is 6. The van der Waals surface area contributed by atoms with Crippen molar-refractivity contribution in [1.82, 2.24) is 90.2 Å². The van der Waals surface area contributed by atoms with Crippen LogP contribution in [0.2, 0.25) is 15.1 Å². The molecule has 17 rings (SSSR count). The van der Waals surface area contributed by atoms with Gasteiger partial charge in [0.1, 0.15) is 22.7 Å². The molecule has 6 aromatic heterocycles. The van der Waals surface area contributed by atoms with Crippen LogP contribution in [0, 0.1) is 0 Å². The average molecular weight is 2100 g/mol. The average Bonchev–Trinajstić information content (AvgIpc) is 1.63. The van der Waals surface area contributed by atoms with Gasteiger partial charge in [-0.3, -0.25) is 34.6 Å². The molecular formula is C110H147Cl3F3N21O11. The summed E-state index contributed by atoms with van der Waals surface area (Å²) in [5.41, 5.74) is 24.1. The molecule has 800 valence electrons. The van der Waals surface area contributed by atoms with E-state index in [9.17, 15) is 37.1 Å². The second-order valence-electron chi connectivity index (χ2n) is 38.0. The van der Waals surface area contributed by atoms with Gasteiger partial charge in [0.05, 0.1) is 94.2 Å². The van der Waals surface area contributed by atoms with E-state index in [1.807, 2.05) is 124 Å². The third kappa shape index (κ3) is 35.8. The number of carbonyl (C=O) groups excluding carboxylic acids is 6. The Balaban J connectivity index is 0.000000197. The molecule has 0 aliphatic carbocycles. The second-order valence-corrected chi connectivity index (χ2v) is 39.4. The number of hydrogen-bond donors (Lipinski definition) is 9. The van der Waals surface area contributed by atoms with E-state index in [0.717, 1.165) is 203 Å². The van der Waals surface area contributed by atoms with Crippen molar-refractivity contribution in [3.63, 3.8) is 0 Å². The smallest absolute Gasteiger partial charge is 0.446 e. The lowest BCUT2D eigenvalue weighted by molar-refractivity contribution is -0.156. The van der Waals surface area contributed by atoms with E-state index in [1.165, 1.54) is 63.6 Å². The van der Waals surface area contributed by atoms with Crippen molar-refractivity contribution in [2.24, 2.45) is 0 Å². The fourth-order valence-electron chi connectivity index (χ4n) is 17.0. The minimum Gasteiger partial charge on any atom is -0.497 e. The van der Waals surface area contributed by atoms with E-state index < -0.39 is 23.7 Å². The van der Waals surface area contributed by atoms with Crippen LogP contribution in [0.4, 0.5) is 54.2 Å².